The Bertz CT molecular complexity index is 700. The molecule has 7 heteroatoms. The maximum atomic E-state index is 10.8. The monoisotopic (exact) mass is 333 g/mol. The molecule has 0 aliphatic carbocycles. The Hall–Kier alpha value is -2.28. The molecule has 0 amide bonds. The SMILES string of the molecule is CCNC(=NCc1cnn(C)c1)NCC(C)(O)c1cc(C)oc1C. The van der Waals surface area contributed by atoms with Crippen molar-refractivity contribution in [3.63, 3.8) is 0 Å². The lowest BCUT2D eigenvalue weighted by Gasteiger charge is -2.24. The van der Waals surface area contributed by atoms with Gasteiger partial charge in [0, 0.05) is 30.9 Å². The minimum Gasteiger partial charge on any atom is -0.466 e. The van der Waals surface area contributed by atoms with Crippen molar-refractivity contribution >= 4 is 5.96 Å². The topological polar surface area (TPSA) is 87.6 Å². The van der Waals surface area contributed by atoms with Crippen LogP contribution in [-0.2, 0) is 19.2 Å². The maximum Gasteiger partial charge on any atom is 0.191 e. The normalized spacial score (nSPS) is 14.5. The fraction of sp³-hybridized carbons (Fsp3) is 0.529. The molecule has 7 nitrogen and oxygen atoms in total. The van der Waals surface area contributed by atoms with E-state index in [4.69, 9.17) is 4.42 Å². The fourth-order valence-electron chi connectivity index (χ4n) is 2.58. The van der Waals surface area contributed by atoms with E-state index < -0.39 is 5.60 Å². The number of hydrogen-bond acceptors (Lipinski definition) is 4. The highest BCUT2D eigenvalue weighted by Gasteiger charge is 2.27. The van der Waals surface area contributed by atoms with E-state index in [2.05, 4.69) is 20.7 Å². The predicted octanol–water partition coefficient (Wildman–Crippen LogP) is 1.59. The number of rotatable bonds is 6. The molecule has 0 aromatic carbocycles. The van der Waals surface area contributed by atoms with E-state index in [1.165, 1.54) is 0 Å². The van der Waals surface area contributed by atoms with Crippen molar-refractivity contribution in [2.24, 2.45) is 12.0 Å². The Morgan fingerprint density at radius 3 is 2.71 bits per heavy atom. The lowest BCUT2D eigenvalue weighted by Crippen LogP contribution is -2.44. The maximum absolute atomic E-state index is 10.8. The van der Waals surface area contributed by atoms with Crippen molar-refractivity contribution in [1.29, 1.82) is 0 Å². The van der Waals surface area contributed by atoms with E-state index in [-0.39, 0.29) is 0 Å². The Balaban J connectivity index is 2.03. The molecule has 0 aliphatic rings. The number of nitrogens with one attached hydrogen (secondary N) is 2. The van der Waals surface area contributed by atoms with Crippen molar-refractivity contribution in [3.8, 4) is 0 Å². The minimum atomic E-state index is -1.05. The van der Waals surface area contributed by atoms with Gasteiger partial charge in [-0.05, 0) is 33.8 Å². The minimum absolute atomic E-state index is 0.325. The van der Waals surface area contributed by atoms with E-state index in [1.807, 2.05) is 40.1 Å². The lowest BCUT2D eigenvalue weighted by molar-refractivity contribution is 0.0601. The van der Waals surface area contributed by atoms with Crippen LogP contribution < -0.4 is 10.6 Å². The molecule has 0 saturated heterocycles. The third kappa shape index (κ3) is 4.61. The molecule has 0 aliphatic heterocycles. The predicted molar refractivity (Wildman–Crippen MR) is 93.8 cm³/mol. The van der Waals surface area contributed by atoms with Crippen LogP contribution in [0.5, 0.6) is 0 Å². The molecule has 0 spiro atoms. The molecule has 2 aromatic heterocycles. The van der Waals surface area contributed by atoms with Crippen LogP contribution in [0.15, 0.2) is 27.9 Å². The summed E-state index contributed by atoms with van der Waals surface area (Å²) in [4.78, 5) is 4.53. The second-order valence-electron chi connectivity index (χ2n) is 6.17. The Morgan fingerprint density at radius 1 is 1.42 bits per heavy atom. The molecule has 0 saturated carbocycles. The van der Waals surface area contributed by atoms with Crippen LogP contribution in [-0.4, -0.2) is 33.9 Å². The second-order valence-corrected chi connectivity index (χ2v) is 6.17. The molecule has 1 atom stereocenters. The molecule has 2 rings (SSSR count). The second kappa shape index (κ2) is 7.53. The number of nitrogens with zero attached hydrogens (tertiary/aromatic N) is 3. The quantitative estimate of drug-likeness (QED) is 0.552. The first kappa shape index (κ1) is 18.1. The lowest BCUT2D eigenvalue weighted by atomic mass is 9.96. The number of aliphatic imine (C=N–C) groups is 1. The Kier molecular flexibility index (Phi) is 5.66. The number of furan rings is 1. The van der Waals surface area contributed by atoms with Crippen LogP contribution in [0.25, 0.3) is 0 Å². The third-order valence-electron chi connectivity index (χ3n) is 3.74. The first-order valence-corrected chi connectivity index (χ1v) is 8.11. The zero-order valence-electron chi connectivity index (χ0n) is 15.1. The molecule has 24 heavy (non-hydrogen) atoms. The average molecular weight is 333 g/mol. The highest BCUT2D eigenvalue weighted by Crippen LogP contribution is 2.26. The van der Waals surface area contributed by atoms with Crippen LogP contribution in [0.3, 0.4) is 0 Å². The molecular weight excluding hydrogens is 306 g/mol. The van der Waals surface area contributed by atoms with Crippen LogP contribution in [0.4, 0.5) is 0 Å². The zero-order chi connectivity index (χ0) is 17.7. The number of guanidine groups is 1. The summed E-state index contributed by atoms with van der Waals surface area (Å²) in [6, 6.07) is 1.87. The van der Waals surface area contributed by atoms with Crippen LogP contribution in [0.2, 0.25) is 0 Å². The fourth-order valence-corrected chi connectivity index (χ4v) is 2.58. The number of hydrogen-bond donors (Lipinski definition) is 3. The molecule has 0 bridgehead atoms. The smallest absolute Gasteiger partial charge is 0.191 e. The molecular formula is C17H27N5O2. The van der Waals surface area contributed by atoms with Crippen LogP contribution in [0, 0.1) is 13.8 Å². The van der Waals surface area contributed by atoms with Gasteiger partial charge in [0.2, 0.25) is 0 Å². The first-order valence-electron chi connectivity index (χ1n) is 8.11. The van der Waals surface area contributed by atoms with E-state index >= 15 is 0 Å². The van der Waals surface area contributed by atoms with E-state index in [1.54, 1.807) is 17.8 Å². The van der Waals surface area contributed by atoms with Gasteiger partial charge in [0.05, 0.1) is 19.3 Å². The molecule has 2 heterocycles. The number of aliphatic hydroxyl groups is 1. The number of aromatic nitrogens is 2. The summed E-state index contributed by atoms with van der Waals surface area (Å²) >= 11 is 0. The van der Waals surface area contributed by atoms with Crippen LogP contribution >= 0.6 is 0 Å². The van der Waals surface area contributed by atoms with Gasteiger partial charge >= 0.3 is 0 Å². The Labute approximate surface area is 142 Å². The molecule has 1 unspecified atom stereocenters. The van der Waals surface area contributed by atoms with Crippen molar-refractivity contribution in [2.75, 3.05) is 13.1 Å². The van der Waals surface area contributed by atoms with E-state index in [0.717, 1.165) is 29.2 Å². The van der Waals surface area contributed by atoms with Crippen molar-refractivity contribution < 1.29 is 9.52 Å². The summed E-state index contributed by atoms with van der Waals surface area (Å²) in [7, 11) is 1.88. The van der Waals surface area contributed by atoms with Gasteiger partial charge in [-0.15, -0.1) is 0 Å². The highest BCUT2D eigenvalue weighted by atomic mass is 16.3. The summed E-state index contributed by atoms with van der Waals surface area (Å²) in [6.45, 7) is 9.09. The number of aryl methyl sites for hydroxylation is 3. The van der Waals surface area contributed by atoms with Gasteiger partial charge in [-0.3, -0.25) is 4.68 Å². The van der Waals surface area contributed by atoms with Gasteiger partial charge in [0.1, 0.15) is 17.1 Å². The highest BCUT2D eigenvalue weighted by molar-refractivity contribution is 5.79. The van der Waals surface area contributed by atoms with Gasteiger partial charge in [-0.25, -0.2) is 4.99 Å². The van der Waals surface area contributed by atoms with Gasteiger partial charge in [-0.2, -0.15) is 5.10 Å². The molecule has 0 fully saturated rings. The average Bonchev–Trinajstić information content (AvgIpc) is 3.07. The summed E-state index contributed by atoms with van der Waals surface area (Å²) in [5, 5.41) is 21.3. The summed E-state index contributed by atoms with van der Waals surface area (Å²) in [6.07, 6.45) is 3.72. The van der Waals surface area contributed by atoms with Gasteiger partial charge in [0.15, 0.2) is 5.96 Å². The van der Waals surface area contributed by atoms with Crippen molar-refractivity contribution in [3.05, 3.63) is 41.1 Å². The first-order chi connectivity index (χ1) is 11.3. The molecule has 132 valence electrons. The van der Waals surface area contributed by atoms with Crippen LogP contribution in [0.1, 0.15) is 36.5 Å². The molecule has 2 aromatic rings. The van der Waals surface area contributed by atoms with E-state index in [9.17, 15) is 5.11 Å². The molecule has 0 radical (unpaired) electrons. The van der Waals surface area contributed by atoms with Crippen molar-refractivity contribution in [1.82, 2.24) is 20.4 Å². The zero-order valence-corrected chi connectivity index (χ0v) is 15.1. The summed E-state index contributed by atoms with van der Waals surface area (Å²) in [5.41, 5.74) is 0.769. The molecule has 3 N–H and O–H groups in total. The van der Waals surface area contributed by atoms with Gasteiger partial charge in [0.25, 0.3) is 0 Å². The Morgan fingerprint density at radius 2 is 2.17 bits per heavy atom. The summed E-state index contributed by atoms with van der Waals surface area (Å²) < 4.78 is 7.27. The van der Waals surface area contributed by atoms with Gasteiger partial charge in [-0.1, -0.05) is 0 Å². The van der Waals surface area contributed by atoms with Gasteiger partial charge < -0.3 is 20.2 Å². The van der Waals surface area contributed by atoms with Crippen molar-refractivity contribution in [2.45, 2.75) is 39.8 Å². The van der Waals surface area contributed by atoms with E-state index in [0.29, 0.717) is 19.0 Å². The third-order valence-corrected chi connectivity index (χ3v) is 3.74. The summed E-state index contributed by atoms with van der Waals surface area (Å²) in [5.74, 6) is 2.18. The largest absolute Gasteiger partial charge is 0.466 e. The standard InChI is InChI=1S/C17H27N5O2/c1-6-18-16(19-8-14-9-21-22(5)10-14)20-11-17(4,23)15-7-12(2)24-13(15)3/h7,9-10,23H,6,8,11H2,1-5H3,(H2,18,19,20).